The summed E-state index contributed by atoms with van der Waals surface area (Å²) in [6.07, 6.45) is 2.90. The molecule has 0 saturated carbocycles. The summed E-state index contributed by atoms with van der Waals surface area (Å²) >= 11 is 0. The van der Waals surface area contributed by atoms with Crippen molar-refractivity contribution in [1.82, 2.24) is 15.1 Å². The molecule has 106 valence electrons. The molecule has 0 aliphatic rings. The van der Waals surface area contributed by atoms with Crippen LogP contribution in [0.1, 0.15) is 23.1 Å². The largest absolute Gasteiger partial charge is 0.384 e. The van der Waals surface area contributed by atoms with Crippen LogP contribution in [0, 0.1) is 6.92 Å². The van der Waals surface area contributed by atoms with Crippen LogP contribution in [0.2, 0.25) is 0 Å². The number of hydrogen-bond acceptors (Lipinski definition) is 3. The van der Waals surface area contributed by atoms with Gasteiger partial charge < -0.3 is 11.1 Å². The summed E-state index contributed by atoms with van der Waals surface area (Å²) < 4.78 is 1.59. The lowest BCUT2D eigenvalue weighted by atomic mass is 10.1. The summed E-state index contributed by atoms with van der Waals surface area (Å²) in [7, 11) is 1.78. The van der Waals surface area contributed by atoms with Crippen molar-refractivity contribution in [3.05, 3.63) is 47.2 Å². The van der Waals surface area contributed by atoms with Crippen LogP contribution >= 0.6 is 0 Å². The summed E-state index contributed by atoms with van der Waals surface area (Å²) in [5.74, 6) is 0.609. The van der Waals surface area contributed by atoms with E-state index in [2.05, 4.69) is 41.6 Å². The van der Waals surface area contributed by atoms with Gasteiger partial charge in [-0.2, -0.15) is 5.10 Å². The van der Waals surface area contributed by atoms with Gasteiger partial charge in [-0.1, -0.05) is 29.8 Å². The maximum Gasteiger partial charge on any atom is 0.220 e. The summed E-state index contributed by atoms with van der Waals surface area (Å²) in [6.45, 7) is 2.47. The Labute approximate surface area is 118 Å². The molecule has 0 aliphatic carbocycles. The Morgan fingerprint density at radius 2 is 2.05 bits per heavy atom. The summed E-state index contributed by atoms with van der Waals surface area (Å²) in [4.78, 5) is 11.8. The van der Waals surface area contributed by atoms with Gasteiger partial charge in [0, 0.05) is 25.6 Å². The van der Waals surface area contributed by atoms with Gasteiger partial charge in [0.2, 0.25) is 5.91 Å². The monoisotopic (exact) mass is 272 g/mol. The standard InChI is InChI=1S/C15H20N4O/c1-11-3-5-12(6-4-11)7-8-14(20)17-9-13-10-18-19(2)15(13)16/h3-6,10H,7-9,16H2,1-2H3,(H,17,20). The summed E-state index contributed by atoms with van der Waals surface area (Å²) in [5.41, 5.74) is 9.06. The Bertz CT molecular complexity index is 586. The zero-order valence-electron chi connectivity index (χ0n) is 11.9. The van der Waals surface area contributed by atoms with E-state index in [1.807, 2.05) is 0 Å². The number of benzene rings is 1. The molecular formula is C15H20N4O. The molecule has 0 atom stereocenters. The predicted molar refractivity (Wildman–Crippen MR) is 79.0 cm³/mol. The third-order valence-corrected chi connectivity index (χ3v) is 3.30. The topological polar surface area (TPSA) is 72.9 Å². The van der Waals surface area contributed by atoms with E-state index in [-0.39, 0.29) is 5.91 Å². The van der Waals surface area contributed by atoms with E-state index < -0.39 is 0 Å². The highest BCUT2D eigenvalue weighted by molar-refractivity contribution is 5.76. The molecule has 0 bridgehead atoms. The van der Waals surface area contributed by atoms with Crippen LogP contribution in [0.15, 0.2) is 30.5 Å². The first-order valence-electron chi connectivity index (χ1n) is 6.65. The lowest BCUT2D eigenvalue weighted by molar-refractivity contribution is -0.121. The molecule has 0 spiro atoms. The Hall–Kier alpha value is -2.30. The number of carbonyl (C=O) groups excluding carboxylic acids is 1. The van der Waals surface area contributed by atoms with Gasteiger partial charge >= 0.3 is 0 Å². The van der Waals surface area contributed by atoms with Crippen molar-refractivity contribution in [1.29, 1.82) is 0 Å². The van der Waals surface area contributed by atoms with Crippen molar-refractivity contribution in [2.45, 2.75) is 26.3 Å². The van der Waals surface area contributed by atoms with Gasteiger partial charge in [0.25, 0.3) is 0 Å². The number of nitrogens with one attached hydrogen (secondary N) is 1. The number of hydrogen-bond donors (Lipinski definition) is 2. The van der Waals surface area contributed by atoms with Crippen LogP contribution in [0.5, 0.6) is 0 Å². The zero-order valence-corrected chi connectivity index (χ0v) is 11.9. The maximum atomic E-state index is 11.8. The first-order valence-corrected chi connectivity index (χ1v) is 6.65. The molecule has 5 nitrogen and oxygen atoms in total. The Morgan fingerprint density at radius 1 is 1.35 bits per heavy atom. The molecule has 0 radical (unpaired) electrons. The molecular weight excluding hydrogens is 252 g/mol. The minimum absolute atomic E-state index is 0.0221. The number of nitrogens with two attached hydrogens (primary N) is 1. The van der Waals surface area contributed by atoms with Crippen molar-refractivity contribution >= 4 is 11.7 Å². The Kier molecular flexibility index (Phi) is 4.40. The number of nitrogens with zero attached hydrogens (tertiary/aromatic N) is 2. The molecule has 20 heavy (non-hydrogen) atoms. The van der Waals surface area contributed by atoms with Crippen molar-refractivity contribution < 1.29 is 4.79 Å². The average Bonchev–Trinajstić information content (AvgIpc) is 2.76. The smallest absolute Gasteiger partial charge is 0.220 e. The van der Waals surface area contributed by atoms with Crippen molar-refractivity contribution in [2.24, 2.45) is 7.05 Å². The van der Waals surface area contributed by atoms with E-state index in [9.17, 15) is 4.79 Å². The fourth-order valence-corrected chi connectivity index (χ4v) is 1.92. The van der Waals surface area contributed by atoms with E-state index in [1.165, 1.54) is 11.1 Å². The van der Waals surface area contributed by atoms with Gasteiger partial charge in [-0.25, -0.2) is 0 Å². The highest BCUT2D eigenvalue weighted by atomic mass is 16.1. The van der Waals surface area contributed by atoms with Crippen molar-refractivity contribution in [3.63, 3.8) is 0 Å². The zero-order chi connectivity index (χ0) is 14.5. The lowest BCUT2D eigenvalue weighted by Gasteiger charge is -2.05. The molecule has 0 unspecified atom stereocenters. The fraction of sp³-hybridized carbons (Fsp3) is 0.333. The second-order valence-corrected chi connectivity index (χ2v) is 4.94. The highest BCUT2D eigenvalue weighted by Crippen LogP contribution is 2.09. The predicted octanol–water partition coefficient (Wildman–Crippen LogP) is 1.56. The SMILES string of the molecule is Cc1ccc(CCC(=O)NCc2cnn(C)c2N)cc1. The summed E-state index contributed by atoms with van der Waals surface area (Å²) in [6, 6.07) is 8.23. The maximum absolute atomic E-state index is 11.8. The van der Waals surface area contributed by atoms with E-state index in [0.29, 0.717) is 18.8 Å². The molecule has 2 rings (SSSR count). The number of nitrogen functional groups attached to an aromatic ring is 1. The number of aryl methyl sites for hydroxylation is 3. The first kappa shape index (κ1) is 14.1. The molecule has 0 aliphatic heterocycles. The van der Waals surface area contributed by atoms with Gasteiger partial charge in [0.1, 0.15) is 5.82 Å². The van der Waals surface area contributed by atoms with Crippen LogP contribution in [-0.4, -0.2) is 15.7 Å². The van der Waals surface area contributed by atoms with Crippen LogP contribution < -0.4 is 11.1 Å². The Balaban J connectivity index is 1.78. The molecule has 1 amide bonds. The van der Waals surface area contributed by atoms with E-state index in [0.717, 1.165) is 12.0 Å². The Morgan fingerprint density at radius 3 is 2.65 bits per heavy atom. The second-order valence-electron chi connectivity index (χ2n) is 4.94. The number of amides is 1. The minimum Gasteiger partial charge on any atom is -0.384 e. The van der Waals surface area contributed by atoms with E-state index in [1.54, 1.807) is 17.9 Å². The van der Waals surface area contributed by atoms with Gasteiger partial charge in [0.05, 0.1) is 6.20 Å². The van der Waals surface area contributed by atoms with Crippen molar-refractivity contribution in [3.8, 4) is 0 Å². The number of rotatable bonds is 5. The van der Waals surface area contributed by atoms with Gasteiger partial charge in [0.15, 0.2) is 0 Å². The second kappa shape index (κ2) is 6.23. The molecule has 1 heterocycles. The van der Waals surface area contributed by atoms with E-state index in [4.69, 9.17) is 5.73 Å². The molecule has 5 heteroatoms. The molecule has 1 aromatic heterocycles. The number of aromatic nitrogens is 2. The van der Waals surface area contributed by atoms with E-state index >= 15 is 0 Å². The minimum atomic E-state index is 0.0221. The fourth-order valence-electron chi connectivity index (χ4n) is 1.92. The van der Waals surface area contributed by atoms with Gasteiger partial charge in [-0.15, -0.1) is 0 Å². The molecule has 2 aromatic rings. The van der Waals surface area contributed by atoms with Crippen molar-refractivity contribution in [2.75, 3.05) is 5.73 Å². The molecule has 0 fully saturated rings. The summed E-state index contributed by atoms with van der Waals surface area (Å²) in [5, 5.41) is 6.90. The van der Waals surface area contributed by atoms with Gasteiger partial charge in [-0.05, 0) is 18.9 Å². The third-order valence-electron chi connectivity index (χ3n) is 3.30. The normalized spacial score (nSPS) is 10.5. The van der Waals surface area contributed by atoms with Crippen LogP contribution in [0.25, 0.3) is 0 Å². The molecule has 0 saturated heterocycles. The lowest BCUT2D eigenvalue weighted by Crippen LogP contribution is -2.23. The molecule has 1 aromatic carbocycles. The quantitative estimate of drug-likeness (QED) is 0.867. The van der Waals surface area contributed by atoms with Crippen LogP contribution in [-0.2, 0) is 24.8 Å². The average molecular weight is 272 g/mol. The number of carbonyl (C=O) groups is 1. The van der Waals surface area contributed by atoms with Gasteiger partial charge in [-0.3, -0.25) is 9.48 Å². The van der Waals surface area contributed by atoms with Crippen LogP contribution in [0.3, 0.4) is 0 Å². The van der Waals surface area contributed by atoms with Crippen LogP contribution in [0.4, 0.5) is 5.82 Å². The molecule has 3 N–H and O–H groups in total. The highest BCUT2D eigenvalue weighted by Gasteiger charge is 2.07. The first-order chi connectivity index (χ1) is 9.56. The number of anilines is 1. The third kappa shape index (κ3) is 3.60.